The first-order valence-electron chi connectivity index (χ1n) is 13.3. The first-order chi connectivity index (χ1) is 18.8. The third kappa shape index (κ3) is 7.69. The smallest absolute Gasteiger partial charge is 0.264 e. The number of carbonyl (C=O) groups is 2. The van der Waals surface area contributed by atoms with Crippen LogP contribution < -0.4 is 9.62 Å². The summed E-state index contributed by atoms with van der Waals surface area (Å²) in [7, 11) is -4.15. The number of hydrogen-bond donors (Lipinski definition) is 1. The van der Waals surface area contributed by atoms with E-state index in [1.54, 1.807) is 44.2 Å². The monoisotopic (exact) mass is 567 g/mol. The zero-order valence-corrected chi connectivity index (χ0v) is 24.8. The molecule has 0 saturated carbocycles. The third-order valence-corrected chi connectivity index (χ3v) is 8.41. The Morgan fingerprint density at radius 2 is 1.48 bits per heavy atom. The molecule has 9 heteroatoms. The average Bonchev–Trinajstić information content (AvgIpc) is 2.91. The molecule has 214 valence electrons. The summed E-state index contributed by atoms with van der Waals surface area (Å²) in [5, 5.41) is 2.85. The highest BCUT2D eigenvalue weighted by Gasteiger charge is 2.33. The molecule has 0 aliphatic heterocycles. The second-order valence-corrected chi connectivity index (χ2v) is 12.4. The Hall–Kier alpha value is -3.72. The van der Waals surface area contributed by atoms with E-state index >= 15 is 0 Å². The van der Waals surface area contributed by atoms with Crippen LogP contribution in [-0.4, -0.2) is 44.3 Å². The van der Waals surface area contributed by atoms with Gasteiger partial charge in [-0.3, -0.25) is 13.9 Å². The molecule has 0 fully saturated rings. The third-order valence-electron chi connectivity index (χ3n) is 6.64. The van der Waals surface area contributed by atoms with E-state index in [2.05, 4.69) is 5.32 Å². The summed E-state index contributed by atoms with van der Waals surface area (Å²) in [6, 6.07) is 16.6. The molecule has 0 aromatic heterocycles. The maximum atomic E-state index is 14.0. The molecule has 0 bridgehead atoms. The second kappa shape index (κ2) is 13.1. The van der Waals surface area contributed by atoms with Gasteiger partial charge in [0.25, 0.3) is 10.0 Å². The fraction of sp³-hybridized carbons (Fsp3) is 0.355. The van der Waals surface area contributed by atoms with Gasteiger partial charge in [0.05, 0.1) is 10.6 Å². The van der Waals surface area contributed by atoms with Gasteiger partial charge in [-0.25, -0.2) is 12.8 Å². The van der Waals surface area contributed by atoms with Gasteiger partial charge in [-0.05, 0) is 80.6 Å². The summed E-state index contributed by atoms with van der Waals surface area (Å²) >= 11 is 0. The zero-order chi connectivity index (χ0) is 29.6. The molecule has 1 N–H and O–H groups in total. The average molecular weight is 568 g/mol. The second-order valence-electron chi connectivity index (χ2n) is 10.6. The molecular formula is C31H38FN3O4S. The number of nitrogens with zero attached hydrogens (tertiary/aromatic N) is 2. The predicted molar refractivity (Wildman–Crippen MR) is 156 cm³/mol. The SMILES string of the molecule is Cc1ccc(S(=O)(=O)N(CC(=O)N(Cc2ccc(F)cc2)C(C)C(=O)NCC(C)C)c2cc(C)ccc2C)cc1. The maximum absolute atomic E-state index is 14.0. The minimum absolute atomic E-state index is 0.000593. The van der Waals surface area contributed by atoms with Crippen molar-refractivity contribution in [1.29, 1.82) is 0 Å². The number of amides is 2. The predicted octanol–water partition coefficient (Wildman–Crippen LogP) is 5.14. The van der Waals surface area contributed by atoms with Crippen molar-refractivity contribution in [2.45, 2.75) is 59.0 Å². The number of rotatable bonds is 11. The first kappa shape index (κ1) is 30.8. The van der Waals surface area contributed by atoms with Gasteiger partial charge in [0.1, 0.15) is 18.4 Å². The molecule has 1 atom stereocenters. The standard InChI is InChI=1S/C31H38FN3O4S/c1-21(2)18-33-31(37)25(6)34(19-26-11-13-27(32)14-12-26)30(36)20-35(29-17-23(4)7-10-24(29)5)40(38,39)28-15-8-22(3)9-16-28/h7-17,21,25H,18-20H2,1-6H3,(H,33,37). The number of sulfonamides is 1. The first-order valence-corrected chi connectivity index (χ1v) is 14.7. The number of hydrogen-bond acceptors (Lipinski definition) is 4. The highest BCUT2D eigenvalue weighted by Crippen LogP contribution is 2.28. The summed E-state index contributed by atoms with van der Waals surface area (Å²) in [6.45, 7) is 10.9. The molecule has 2 amide bonds. The molecule has 40 heavy (non-hydrogen) atoms. The molecule has 0 saturated heterocycles. The molecule has 3 aromatic rings. The van der Waals surface area contributed by atoms with Crippen LogP contribution in [-0.2, 0) is 26.2 Å². The summed E-state index contributed by atoms with van der Waals surface area (Å²) in [6.07, 6.45) is 0. The molecule has 0 spiro atoms. The highest BCUT2D eigenvalue weighted by atomic mass is 32.2. The van der Waals surface area contributed by atoms with E-state index in [0.29, 0.717) is 23.4 Å². The van der Waals surface area contributed by atoms with Crippen molar-refractivity contribution in [1.82, 2.24) is 10.2 Å². The Labute approximate surface area is 237 Å². The Kier molecular flexibility index (Phi) is 10.1. The Morgan fingerprint density at radius 1 is 0.875 bits per heavy atom. The van der Waals surface area contributed by atoms with Crippen LogP contribution in [0.1, 0.15) is 43.0 Å². The van der Waals surface area contributed by atoms with Crippen LogP contribution in [0.25, 0.3) is 0 Å². The van der Waals surface area contributed by atoms with Gasteiger partial charge in [0.2, 0.25) is 11.8 Å². The Morgan fingerprint density at radius 3 is 2.08 bits per heavy atom. The number of anilines is 1. The van der Waals surface area contributed by atoms with Crippen LogP contribution in [0.3, 0.4) is 0 Å². The molecule has 0 radical (unpaired) electrons. The maximum Gasteiger partial charge on any atom is 0.264 e. The highest BCUT2D eigenvalue weighted by molar-refractivity contribution is 7.92. The number of carbonyl (C=O) groups excluding carboxylic acids is 2. The van der Waals surface area contributed by atoms with Crippen molar-refractivity contribution in [3.8, 4) is 0 Å². The molecule has 0 aliphatic carbocycles. The molecule has 7 nitrogen and oxygen atoms in total. The molecule has 3 rings (SSSR count). The van der Waals surface area contributed by atoms with Crippen molar-refractivity contribution < 1.29 is 22.4 Å². The molecule has 1 unspecified atom stereocenters. The van der Waals surface area contributed by atoms with Crippen molar-refractivity contribution in [3.63, 3.8) is 0 Å². The van der Waals surface area contributed by atoms with E-state index in [4.69, 9.17) is 0 Å². The van der Waals surface area contributed by atoms with Gasteiger partial charge in [-0.1, -0.05) is 55.8 Å². The van der Waals surface area contributed by atoms with E-state index in [0.717, 1.165) is 15.4 Å². The lowest BCUT2D eigenvalue weighted by Crippen LogP contribution is -2.51. The lowest BCUT2D eigenvalue weighted by molar-refractivity contribution is -0.139. The van der Waals surface area contributed by atoms with Crippen LogP contribution in [0.15, 0.2) is 71.6 Å². The van der Waals surface area contributed by atoms with Crippen molar-refractivity contribution in [2.24, 2.45) is 5.92 Å². The van der Waals surface area contributed by atoms with Crippen molar-refractivity contribution in [3.05, 3.63) is 94.8 Å². The Bertz CT molecular complexity index is 1440. The van der Waals surface area contributed by atoms with Gasteiger partial charge in [0.15, 0.2) is 0 Å². The van der Waals surface area contributed by atoms with E-state index in [1.807, 2.05) is 39.8 Å². The van der Waals surface area contributed by atoms with E-state index in [-0.39, 0.29) is 23.3 Å². The normalized spacial score (nSPS) is 12.2. The summed E-state index contributed by atoms with van der Waals surface area (Å²) in [5.74, 6) is -1.14. The van der Waals surface area contributed by atoms with Gasteiger partial charge in [-0.2, -0.15) is 0 Å². The van der Waals surface area contributed by atoms with Gasteiger partial charge in [-0.15, -0.1) is 0 Å². The minimum atomic E-state index is -4.15. The van der Waals surface area contributed by atoms with E-state index in [1.165, 1.54) is 29.2 Å². The van der Waals surface area contributed by atoms with Crippen LogP contribution in [0, 0.1) is 32.5 Å². The molecule has 0 aliphatic rings. The summed E-state index contributed by atoms with van der Waals surface area (Å²) < 4.78 is 42.6. The number of nitrogens with one attached hydrogen (secondary N) is 1. The number of aryl methyl sites for hydroxylation is 3. The largest absolute Gasteiger partial charge is 0.354 e. The topological polar surface area (TPSA) is 86.8 Å². The zero-order valence-electron chi connectivity index (χ0n) is 23.9. The fourth-order valence-electron chi connectivity index (χ4n) is 4.16. The van der Waals surface area contributed by atoms with Crippen LogP contribution in [0.2, 0.25) is 0 Å². The van der Waals surface area contributed by atoms with Gasteiger partial charge >= 0.3 is 0 Å². The van der Waals surface area contributed by atoms with Crippen molar-refractivity contribution in [2.75, 3.05) is 17.4 Å². The Balaban J connectivity index is 2.05. The lowest BCUT2D eigenvalue weighted by atomic mass is 10.1. The molecular weight excluding hydrogens is 529 g/mol. The van der Waals surface area contributed by atoms with Gasteiger partial charge < -0.3 is 10.2 Å². The van der Waals surface area contributed by atoms with Crippen LogP contribution in [0.5, 0.6) is 0 Å². The minimum Gasteiger partial charge on any atom is -0.354 e. The molecule has 3 aromatic carbocycles. The number of benzene rings is 3. The quantitative estimate of drug-likeness (QED) is 0.348. The summed E-state index contributed by atoms with van der Waals surface area (Å²) in [4.78, 5) is 28.4. The van der Waals surface area contributed by atoms with Gasteiger partial charge in [0, 0.05) is 13.1 Å². The lowest BCUT2D eigenvalue weighted by Gasteiger charge is -2.32. The number of halogens is 1. The summed E-state index contributed by atoms with van der Waals surface area (Å²) in [5.41, 5.74) is 3.41. The van der Waals surface area contributed by atoms with Crippen molar-refractivity contribution >= 4 is 27.5 Å². The molecule has 0 heterocycles. The van der Waals surface area contributed by atoms with E-state index < -0.39 is 34.3 Å². The van der Waals surface area contributed by atoms with Crippen LogP contribution in [0.4, 0.5) is 10.1 Å². The van der Waals surface area contributed by atoms with E-state index in [9.17, 15) is 22.4 Å². The van der Waals surface area contributed by atoms with Crippen LogP contribution >= 0.6 is 0 Å². The fourth-order valence-corrected chi connectivity index (χ4v) is 5.63.